The van der Waals surface area contributed by atoms with Crippen molar-refractivity contribution in [3.8, 4) is 0 Å². The lowest BCUT2D eigenvalue weighted by Crippen LogP contribution is -2.51. The number of cyclic esters (lactones) is 1. The van der Waals surface area contributed by atoms with Crippen molar-refractivity contribution >= 4 is 53.3 Å². The molecule has 1 saturated heterocycles. The van der Waals surface area contributed by atoms with Crippen molar-refractivity contribution in [1.82, 2.24) is 29.4 Å². The third kappa shape index (κ3) is 3.68. The van der Waals surface area contributed by atoms with Gasteiger partial charge in [0.15, 0.2) is 0 Å². The summed E-state index contributed by atoms with van der Waals surface area (Å²) in [6.07, 6.45) is 1.32. The fraction of sp³-hybridized carbons (Fsp3) is 0.417. The molecule has 0 aromatic carbocycles. The Hall–Kier alpha value is -2.81. The highest BCUT2D eigenvalue weighted by atomic mass is 32.2. The Bertz CT molecular complexity index is 885. The highest BCUT2D eigenvalue weighted by Crippen LogP contribution is 2.40. The number of aromatic amines is 1. The molecule has 15 heteroatoms. The Kier molecular flexibility index (Phi) is 5.22. The molecule has 3 heterocycles. The monoisotopic (exact) mass is 414 g/mol. The van der Waals surface area contributed by atoms with Crippen molar-refractivity contribution in [3.05, 3.63) is 6.33 Å². The Balaban J connectivity index is 1.92. The zero-order valence-corrected chi connectivity index (χ0v) is 15.5. The van der Waals surface area contributed by atoms with Crippen molar-refractivity contribution in [2.75, 3.05) is 23.8 Å². The van der Waals surface area contributed by atoms with E-state index in [1.165, 1.54) is 10.4 Å². The number of ketones is 1. The van der Waals surface area contributed by atoms with Crippen LogP contribution in [0.25, 0.3) is 0 Å². The van der Waals surface area contributed by atoms with Crippen LogP contribution in [0.1, 0.15) is 6.92 Å². The number of hydrogen-bond acceptors (Lipinski definition) is 13. The summed E-state index contributed by atoms with van der Waals surface area (Å²) < 4.78 is 11.5. The van der Waals surface area contributed by atoms with E-state index in [-0.39, 0.29) is 29.4 Å². The zero-order chi connectivity index (χ0) is 19.6. The van der Waals surface area contributed by atoms with E-state index in [0.717, 1.165) is 23.7 Å². The number of esters is 2. The Morgan fingerprint density at radius 1 is 1.48 bits per heavy atom. The summed E-state index contributed by atoms with van der Waals surface area (Å²) in [5, 5.41) is 8.90. The number of carbonyl (C=O) groups is 3. The number of Topliss-reactive ketones (excluding diaryl/α,β-unsaturated/α-hetero) is 1. The number of nitrogens with two attached hydrogens (primary N) is 2. The maximum Gasteiger partial charge on any atom is 0.377 e. The third-order valence-electron chi connectivity index (χ3n) is 3.37. The molecule has 2 atom stereocenters. The number of thioether (sulfide) groups is 1. The van der Waals surface area contributed by atoms with Crippen LogP contribution in [0, 0.1) is 0 Å². The topological polar surface area (TPSA) is 194 Å². The van der Waals surface area contributed by atoms with Gasteiger partial charge >= 0.3 is 11.9 Å². The number of ether oxygens (including phenoxy) is 2. The number of carbonyl (C=O) groups excluding carboxylic acids is 3. The third-order valence-corrected chi connectivity index (χ3v) is 5.59. The van der Waals surface area contributed by atoms with Crippen molar-refractivity contribution in [3.63, 3.8) is 0 Å². The first-order valence-electron chi connectivity index (χ1n) is 7.45. The van der Waals surface area contributed by atoms with E-state index in [2.05, 4.69) is 25.3 Å². The maximum absolute atomic E-state index is 12.7. The molecule has 0 amide bonds. The van der Waals surface area contributed by atoms with Crippen molar-refractivity contribution in [2.45, 2.75) is 22.9 Å². The normalized spacial score (nSPS) is 22.0. The predicted molar refractivity (Wildman–Crippen MR) is 93.2 cm³/mol. The molecule has 13 nitrogen and oxygen atoms in total. The second kappa shape index (κ2) is 7.43. The molecule has 2 aromatic heterocycles. The number of hydrogen-bond donors (Lipinski definition) is 3. The molecular weight excluding hydrogens is 400 g/mol. The zero-order valence-electron chi connectivity index (χ0n) is 13.8. The van der Waals surface area contributed by atoms with Gasteiger partial charge in [0.25, 0.3) is 5.78 Å². The van der Waals surface area contributed by atoms with Crippen LogP contribution in [0.4, 0.5) is 11.9 Å². The number of nitrogens with zero attached hydrogens (tertiary/aromatic N) is 5. The maximum atomic E-state index is 12.7. The second-order valence-electron chi connectivity index (χ2n) is 5.14. The van der Waals surface area contributed by atoms with Crippen LogP contribution in [0.5, 0.6) is 0 Å². The van der Waals surface area contributed by atoms with Crippen LogP contribution < -0.4 is 11.5 Å². The van der Waals surface area contributed by atoms with Crippen molar-refractivity contribution in [1.29, 1.82) is 0 Å². The number of anilines is 2. The van der Waals surface area contributed by atoms with E-state index in [1.807, 2.05) is 0 Å². The molecule has 0 spiro atoms. The molecule has 0 saturated carbocycles. The summed E-state index contributed by atoms with van der Waals surface area (Å²) in [6, 6.07) is 0. The first-order valence-corrected chi connectivity index (χ1v) is 9.27. The van der Waals surface area contributed by atoms with Gasteiger partial charge in [0.1, 0.15) is 11.6 Å². The fourth-order valence-electron chi connectivity index (χ4n) is 2.20. The minimum Gasteiger partial charge on any atom is -0.463 e. The van der Waals surface area contributed by atoms with E-state index in [0.29, 0.717) is 0 Å². The number of nitrogen functional groups attached to an aromatic ring is 2. The van der Waals surface area contributed by atoms with Crippen LogP contribution in [-0.2, 0) is 23.9 Å². The lowest BCUT2D eigenvalue weighted by atomic mass is 10.0. The standard InChI is InChI=1S/C12H14N8O5S2/c1-2-24-8(23)12(3-26-20-4-15-9(13)19-20)6(5(21)7(22)25-12)27-11-16-10(14)17-18-11/h4,6H,2-3H2,1H3,(H2,13,19)(H3,14,16,17,18). The van der Waals surface area contributed by atoms with E-state index >= 15 is 0 Å². The Morgan fingerprint density at radius 3 is 2.85 bits per heavy atom. The molecule has 144 valence electrons. The van der Waals surface area contributed by atoms with Gasteiger partial charge < -0.3 is 20.9 Å². The molecule has 1 aliphatic heterocycles. The molecule has 5 N–H and O–H groups in total. The molecular formula is C12H14N8O5S2. The molecule has 0 radical (unpaired) electrons. The molecule has 0 bridgehead atoms. The van der Waals surface area contributed by atoms with Gasteiger partial charge in [-0.1, -0.05) is 11.8 Å². The smallest absolute Gasteiger partial charge is 0.377 e. The molecule has 27 heavy (non-hydrogen) atoms. The van der Waals surface area contributed by atoms with Crippen LogP contribution >= 0.6 is 23.7 Å². The highest BCUT2D eigenvalue weighted by Gasteiger charge is 2.62. The molecule has 0 aliphatic carbocycles. The highest BCUT2D eigenvalue weighted by molar-refractivity contribution is 8.01. The summed E-state index contributed by atoms with van der Waals surface area (Å²) in [5.41, 5.74) is 9.02. The van der Waals surface area contributed by atoms with Crippen LogP contribution in [0.2, 0.25) is 0 Å². The van der Waals surface area contributed by atoms with Gasteiger partial charge in [-0.3, -0.25) is 4.79 Å². The molecule has 1 aliphatic rings. The van der Waals surface area contributed by atoms with Crippen LogP contribution in [0.15, 0.2) is 11.5 Å². The summed E-state index contributed by atoms with van der Waals surface area (Å²) in [4.78, 5) is 44.7. The average Bonchev–Trinajstić information content (AvgIpc) is 3.29. The van der Waals surface area contributed by atoms with Gasteiger partial charge in [0.05, 0.1) is 12.4 Å². The number of nitrogens with one attached hydrogen (secondary N) is 1. The van der Waals surface area contributed by atoms with Gasteiger partial charge in [-0.25, -0.2) is 14.7 Å². The minimum absolute atomic E-state index is 0.0180. The largest absolute Gasteiger partial charge is 0.463 e. The fourth-order valence-corrected chi connectivity index (χ4v) is 4.31. The van der Waals surface area contributed by atoms with Gasteiger partial charge in [-0.05, 0) is 18.9 Å². The first-order chi connectivity index (χ1) is 12.9. The molecule has 2 aromatic rings. The van der Waals surface area contributed by atoms with E-state index in [9.17, 15) is 14.4 Å². The Morgan fingerprint density at radius 2 is 2.26 bits per heavy atom. The molecule has 1 fully saturated rings. The minimum atomic E-state index is -1.91. The van der Waals surface area contributed by atoms with Gasteiger partial charge in [-0.15, -0.1) is 10.2 Å². The van der Waals surface area contributed by atoms with Crippen molar-refractivity contribution in [2.24, 2.45) is 0 Å². The van der Waals surface area contributed by atoms with Crippen LogP contribution in [-0.4, -0.2) is 70.3 Å². The summed E-state index contributed by atoms with van der Waals surface area (Å²) in [5.74, 6) is -3.06. The molecule has 3 rings (SSSR count). The van der Waals surface area contributed by atoms with E-state index < -0.39 is 28.6 Å². The van der Waals surface area contributed by atoms with Gasteiger partial charge in [-0.2, -0.15) is 14.1 Å². The lowest BCUT2D eigenvalue weighted by Gasteiger charge is -2.28. The number of rotatable bonds is 7. The number of aromatic nitrogens is 6. The Labute approximate surface area is 160 Å². The summed E-state index contributed by atoms with van der Waals surface area (Å²) in [7, 11) is 0. The van der Waals surface area contributed by atoms with Gasteiger partial charge in [0.2, 0.25) is 22.7 Å². The first kappa shape index (κ1) is 19.0. The summed E-state index contributed by atoms with van der Waals surface area (Å²) >= 11 is 1.73. The average molecular weight is 414 g/mol. The quantitative estimate of drug-likeness (QED) is 0.355. The van der Waals surface area contributed by atoms with E-state index in [1.54, 1.807) is 6.92 Å². The van der Waals surface area contributed by atoms with E-state index in [4.69, 9.17) is 20.9 Å². The molecule has 2 unspecified atom stereocenters. The summed E-state index contributed by atoms with van der Waals surface area (Å²) in [6.45, 7) is 1.62. The number of H-pyrrole nitrogens is 1. The second-order valence-corrected chi connectivity index (χ2v) is 7.14. The van der Waals surface area contributed by atoms with Crippen molar-refractivity contribution < 1.29 is 23.9 Å². The SMILES string of the molecule is CCOC(=O)C1(CSn2cnc(N)n2)OC(=O)C(=O)C1Sc1n[nH]c(N)n1. The lowest BCUT2D eigenvalue weighted by molar-refractivity contribution is -0.171. The predicted octanol–water partition coefficient (Wildman–Crippen LogP) is -1.35. The van der Waals surface area contributed by atoms with Crippen LogP contribution in [0.3, 0.4) is 0 Å². The van der Waals surface area contributed by atoms with Gasteiger partial charge in [0, 0.05) is 0 Å².